The van der Waals surface area contributed by atoms with Gasteiger partial charge in [0.1, 0.15) is 5.52 Å². The molecule has 0 saturated carbocycles. The zero-order valence-corrected chi connectivity index (χ0v) is 11.6. The van der Waals surface area contributed by atoms with Crippen LogP contribution in [0.25, 0.3) is 11.1 Å². The largest absolute Gasteiger partial charge is 0.423 e. The van der Waals surface area contributed by atoms with Crippen LogP contribution < -0.4 is 11.1 Å². The Morgan fingerprint density at radius 1 is 1.32 bits per heavy atom. The lowest BCUT2D eigenvalue weighted by molar-refractivity contribution is 0.302. The monoisotopic (exact) mass is 262 g/mol. The molecule has 0 spiro atoms. The molecule has 5 heteroatoms. The van der Waals surface area contributed by atoms with Gasteiger partial charge in [-0.1, -0.05) is 13.8 Å². The Balaban J connectivity index is 1.84. The second kappa shape index (κ2) is 6.43. The summed E-state index contributed by atoms with van der Waals surface area (Å²) in [4.78, 5) is 6.76. The summed E-state index contributed by atoms with van der Waals surface area (Å²) in [7, 11) is 0. The predicted octanol–water partition coefficient (Wildman–Crippen LogP) is 2.55. The van der Waals surface area contributed by atoms with Crippen LogP contribution in [0.5, 0.6) is 0 Å². The van der Waals surface area contributed by atoms with E-state index >= 15 is 0 Å². The smallest absolute Gasteiger partial charge is 0.295 e. The first-order valence-corrected chi connectivity index (χ1v) is 6.85. The molecule has 0 aliphatic carbocycles. The van der Waals surface area contributed by atoms with Crippen molar-refractivity contribution in [2.45, 2.75) is 20.3 Å². The van der Waals surface area contributed by atoms with Crippen molar-refractivity contribution in [2.75, 3.05) is 37.2 Å². The van der Waals surface area contributed by atoms with Gasteiger partial charge in [-0.15, -0.1) is 0 Å². The lowest BCUT2D eigenvalue weighted by atomic mass is 10.3. The highest BCUT2D eigenvalue weighted by atomic mass is 16.4. The van der Waals surface area contributed by atoms with Crippen molar-refractivity contribution in [1.82, 2.24) is 9.88 Å². The Bertz CT molecular complexity index is 519. The van der Waals surface area contributed by atoms with E-state index in [4.69, 9.17) is 10.2 Å². The minimum absolute atomic E-state index is 0.570. The molecule has 0 fully saturated rings. The fourth-order valence-corrected chi connectivity index (χ4v) is 2.05. The summed E-state index contributed by atoms with van der Waals surface area (Å²) in [6, 6.07) is 6.06. The summed E-state index contributed by atoms with van der Waals surface area (Å²) in [6.07, 6.45) is 1.07. The number of aromatic nitrogens is 1. The molecule has 0 aliphatic rings. The molecule has 1 aromatic carbocycles. The first kappa shape index (κ1) is 13.7. The topological polar surface area (TPSA) is 67.3 Å². The SMILES string of the molecule is CCN(CC)CCCNc1nc2ccc(N)cc2o1. The third kappa shape index (κ3) is 3.61. The summed E-state index contributed by atoms with van der Waals surface area (Å²) >= 11 is 0. The molecule has 5 nitrogen and oxygen atoms in total. The zero-order valence-electron chi connectivity index (χ0n) is 11.6. The van der Waals surface area contributed by atoms with Crippen molar-refractivity contribution in [1.29, 1.82) is 0 Å². The molecule has 0 unspecified atom stereocenters. The lowest BCUT2D eigenvalue weighted by Gasteiger charge is -2.17. The average molecular weight is 262 g/mol. The van der Waals surface area contributed by atoms with Crippen LogP contribution in [-0.4, -0.2) is 36.1 Å². The highest BCUT2D eigenvalue weighted by Gasteiger charge is 2.05. The van der Waals surface area contributed by atoms with Gasteiger partial charge in [0.15, 0.2) is 5.58 Å². The fourth-order valence-electron chi connectivity index (χ4n) is 2.05. The normalized spacial score (nSPS) is 11.3. The van der Waals surface area contributed by atoms with Gasteiger partial charge in [0, 0.05) is 18.3 Å². The zero-order chi connectivity index (χ0) is 13.7. The van der Waals surface area contributed by atoms with E-state index in [-0.39, 0.29) is 0 Å². The van der Waals surface area contributed by atoms with Crippen LogP contribution in [0.3, 0.4) is 0 Å². The number of oxazole rings is 1. The van der Waals surface area contributed by atoms with Crippen molar-refractivity contribution in [2.24, 2.45) is 0 Å². The molecule has 0 amide bonds. The maximum atomic E-state index is 5.70. The molecule has 0 atom stereocenters. The van der Waals surface area contributed by atoms with Crippen LogP contribution in [0.2, 0.25) is 0 Å². The number of nitrogens with two attached hydrogens (primary N) is 1. The van der Waals surface area contributed by atoms with E-state index in [1.165, 1.54) is 0 Å². The third-order valence-corrected chi connectivity index (χ3v) is 3.23. The average Bonchev–Trinajstić information content (AvgIpc) is 2.80. The molecule has 1 aromatic heterocycles. The molecule has 1 heterocycles. The Labute approximate surface area is 113 Å². The Morgan fingerprint density at radius 2 is 2.11 bits per heavy atom. The number of benzene rings is 1. The van der Waals surface area contributed by atoms with E-state index in [0.29, 0.717) is 11.7 Å². The first-order chi connectivity index (χ1) is 9.22. The molecular weight excluding hydrogens is 240 g/mol. The van der Waals surface area contributed by atoms with E-state index < -0.39 is 0 Å². The number of nitrogens with zero attached hydrogens (tertiary/aromatic N) is 2. The van der Waals surface area contributed by atoms with Crippen molar-refractivity contribution in [3.8, 4) is 0 Å². The van der Waals surface area contributed by atoms with Gasteiger partial charge in [-0.2, -0.15) is 4.98 Å². The van der Waals surface area contributed by atoms with Crippen molar-refractivity contribution >= 4 is 22.8 Å². The van der Waals surface area contributed by atoms with E-state index in [0.717, 1.165) is 43.7 Å². The number of nitrogens with one attached hydrogen (secondary N) is 1. The predicted molar refractivity (Wildman–Crippen MR) is 79.3 cm³/mol. The van der Waals surface area contributed by atoms with Gasteiger partial charge in [-0.25, -0.2) is 0 Å². The molecule has 2 aromatic rings. The van der Waals surface area contributed by atoms with Crippen LogP contribution in [0, 0.1) is 0 Å². The lowest BCUT2D eigenvalue weighted by Crippen LogP contribution is -2.25. The maximum absolute atomic E-state index is 5.70. The van der Waals surface area contributed by atoms with E-state index in [9.17, 15) is 0 Å². The van der Waals surface area contributed by atoms with Crippen LogP contribution in [0.4, 0.5) is 11.7 Å². The summed E-state index contributed by atoms with van der Waals surface area (Å²) in [5.74, 6) is 0. The highest BCUT2D eigenvalue weighted by molar-refractivity contribution is 5.77. The van der Waals surface area contributed by atoms with E-state index in [2.05, 4.69) is 29.0 Å². The molecule has 0 radical (unpaired) electrons. The Morgan fingerprint density at radius 3 is 2.84 bits per heavy atom. The van der Waals surface area contributed by atoms with Crippen molar-refractivity contribution < 1.29 is 4.42 Å². The Hall–Kier alpha value is -1.75. The summed E-state index contributed by atoms with van der Waals surface area (Å²) in [6.45, 7) is 8.51. The fraction of sp³-hybridized carbons (Fsp3) is 0.500. The molecule has 0 aliphatic heterocycles. The van der Waals surface area contributed by atoms with Gasteiger partial charge in [-0.05, 0) is 38.2 Å². The van der Waals surface area contributed by atoms with Gasteiger partial charge in [0.25, 0.3) is 6.01 Å². The molecule has 0 bridgehead atoms. The number of anilines is 2. The minimum atomic E-state index is 0.570. The van der Waals surface area contributed by atoms with E-state index in [1.54, 1.807) is 6.07 Å². The third-order valence-electron chi connectivity index (χ3n) is 3.23. The molecule has 19 heavy (non-hydrogen) atoms. The second-order valence-electron chi connectivity index (χ2n) is 4.55. The minimum Gasteiger partial charge on any atom is -0.423 e. The summed E-state index contributed by atoms with van der Waals surface area (Å²) in [5, 5.41) is 3.21. The standard InChI is InChI=1S/C14H22N4O/c1-3-18(4-2)9-5-8-16-14-17-12-7-6-11(15)10-13(12)19-14/h6-7,10H,3-5,8-9,15H2,1-2H3,(H,16,17). The molecule has 104 valence electrons. The molecule has 2 rings (SSSR count). The molecule has 3 N–H and O–H groups in total. The van der Waals surface area contributed by atoms with Gasteiger partial charge >= 0.3 is 0 Å². The van der Waals surface area contributed by atoms with Crippen LogP contribution in [0.15, 0.2) is 22.6 Å². The summed E-state index contributed by atoms with van der Waals surface area (Å²) < 4.78 is 5.59. The van der Waals surface area contributed by atoms with Crippen LogP contribution in [0.1, 0.15) is 20.3 Å². The number of fused-ring (bicyclic) bond motifs is 1. The first-order valence-electron chi connectivity index (χ1n) is 6.85. The number of nitrogen functional groups attached to an aromatic ring is 1. The highest BCUT2D eigenvalue weighted by Crippen LogP contribution is 2.20. The van der Waals surface area contributed by atoms with Gasteiger partial charge in [0.05, 0.1) is 0 Å². The summed E-state index contributed by atoms with van der Waals surface area (Å²) in [5.41, 5.74) is 7.96. The Kier molecular flexibility index (Phi) is 4.63. The molecular formula is C14H22N4O. The van der Waals surface area contributed by atoms with Gasteiger partial charge in [0.2, 0.25) is 0 Å². The maximum Gasteiger partial charge on any atom is 0.295 e. The quantitative estimate of drug-likeness (QED) is 0.593. The van der Waals surface area contributed by atoms with Crippen LogP contribution >= 0.6 is 0 Å². The second-order valence-corrected chi connectivity index (χ2v) is 4.55. The van der Waals surface area contributed by atoms with E-state index in [1.807, 2.05) is 12.1 Å². The molecule has 0 saturated heterocycles. The number of hydrogen-bond donors (Lipinski definition) is 2. The van der Waals surface area contributed by atoms with Crippen LogP contribution in [-0.2, 0) is 0 Å². The van der Waals surface area contributed by atoms with Crippen molar-refractivity contribution in [3.05, 3.63) is 18.2 Å². The van der Waals surface area contributed by atoms with Crippen molar-refractivity contribution in [3.63, 3.8) is 0 Å². The number of hydrogen-bond acceptors (Lipinski definition) is 5. The number of rotatable bonds is 7. The van der Waals surface area contributed by atoms with Gasteiger partial charge < -0.3 is 20.4 Å². The van der Waals surface area contributed by atoms with Gasteiger partial charge in [-0.3, -0.25) is 0 Å².